The lowest BCUT2D eigenvalue weighted by Gasteiger charge is -2.24. The van der Waals surface area contributed by atoms with Crippen LogP contribution >= 0.6 is 11.3 Å². The molecular formula is C11H18N2OS. The number of nitrogens with zero attached hydrogens (tertiary/aromatic N) is 2. The molecule has 0 spiro atoms. The van der Waals surface area contributed by atoms with Gasteiger partial charge in [0.1, 0.15) is 0 Å². The fraction of sp³-hybridized carbons (Fsp3) is 0.727. The van der Waals surface area contributed by atoms with Crippen molar-refractivity contribution in [3.8, 4) is 0 Å². The van der Waals surface area contributed by atoms with E-state index in [2.05, 4.69) is 9.88 Å². The van der Waals surface area contributed by atoms with E-state index in [9.17, 15) is 5.11 Å². The van der Waals surface area contributed by atoms with Gasteiger partial charge in [0.25, 0.3) is 0 Å². The third kappa shape index (κ3) is 3.00. The Balaban J connectivity index is 1.90. The molecule has 2 rings (SSSR count). The van der Waals surface area contributed by atoms with Gasteiger partial charge in [-0.2, -0.15) is 0 Å². The number of likely N-dealkylation sites (tertiary alicyclic amines) is 1. The Morgan fingerprint density at radius 1 is 1.73 bits per heavy atom. The minimum atomic E-state index is -0.183. The Hall–Kier alpha value is -0.450. The zero-order valence-corrected chi connectivity index (χ0v) is 9.91. The van der Waals surface area contributed by atoms with Gasteiger partial charge < -0.3 is 5.11 Å². The largest absolute Gasteiger partial charge is 0.393 e. The average molecular weight is 226 g/mol. The van der Waals surface area contributed by atoms with E-state index in [1.54, 1.807) is 11.3 Å². The minimum absolute atomic E-state index is 0.183. The number of hydrogen-bond acceptors (Lipinski definition) is 4. The molecule has 3 nitrogen and oxygen atoms in total. The summed E-state index contributed by atoms with van der Waals surface area (Å²) in [6.07, 6.45) is 5.15. The standard InChI is InChI=1S/C11H18N2OS/c1-9(14)5-10-3-2-4-13(10)7-11-6-12-8-15-11/h6,8-10,14H,2-5,7H2,1H3. The van der Waals surface area contributed by atoms with Crippen molar-refractivity contribution < 1.29 is 5.11 Å². The number of rotatable bonds is 4. The van der Waals surface area contributed by atoms with Crippen LogP contribution in [0.5, 0.6) is 0 Å². The maximum atomic E-state index is 9.42. The van der Waals surface area contributed by atoms with Crippen LogP contribution in [-0.4, -0.2) is 33.7 Å². The van der Waals surface area contributed by atoms with Gasteiger partial charge in [-0.3, -0.25) is 9.88 Å². The first-order chi connectivity index (χ1) is 7.25. The molecule has 0 amide bonds. The Labute approximate surface area is 94.8 Å². The molecule has 1 N–H and O–H groups in total. The lowest BCUT2D eigenvalue weighted by Crippen LogP contribution is -2.31. The highest BCUT2D eigenvalue weighted by molar-refractivity contribution is 7.09. The van der Waals surface area contributed by atoms with E-state index in [-0.39, 0.29) is 6.10 Å². The zero-order valence-electron chi connectivity index (χ0n) is 9.09. The molecule has 2 atom stereocenters. The van der Waals surface area contributed by atoms with Crippen LogP contribution in [0.3, 0.4) is 0 Å². The Morgan fingerprint density at radius 2 is 2.60 bits per heavy atom. The van der Waals surface area contributed by atoms with Crippen molar-refractivity contribution >= 4 is 11.3 Å². The Kier molecular flexibility index (Phi) is 3.72. The van der Waals surface area contributed by atoms with Gasteiger partial charge in [-0.05, 0) is 32.7 Å². The monoisotopic (exact) mass is 226 g/mol. The van der Waals surface area contributed by atoms with Gasteiger partial charge in [0, 0.05) is 23.7 Å². The molecule has 4 heteroatoms. The fourth-order valence-electron chi connectivity index (χ4n) is 2.28. The van der Waals surface area contributed by atoms with Crippen molar-refractivity contribution in [1.82, 2.24) is 9.88 Å². The van der Waals surface area contributed by atoms with Gasteiger partial charge in [-0.15, -0.1) is 11.3 Å². The quantitative estimate of drug-likeness (QED) is 0.851. The zero-order chi connectivity index (χ0) is 10.7. The highest BCUT2D eigenvalue weighted by Gasteiger charge is 2.25. The van der Waals surface area contributed by atoms with Crippen LogP contribution in [-0.2, 0) is 6.54 Å². The molecule has 0 saturated carbocycles. The molecule has 0 radical (unpaired) electrons. The Bertz CT molecular complexity index is 287. The molecule has 0 aliphatic carbocycles. The predicted molar refractivity (Wildman–Crippen MR) is 61.8 cm³/mol. The lowest BCUT2D eigenvalue weighted by molar-refractivity contribution is 0.131. The van der Waals surface area contributed by atoms with Crippen molar-refractivity contribution in [1.29, 1.82) is 0 Å². The summed E-state index contributed by atoms with van der Waals surface area (Å²) in [5, 5.41) is 9.42. The van der Waals surface area contributed by atoms with E-state index in [0.29, 0.717) is 6.04 Å². The SMILES string of the molecule is CC(O)CC1CCCN1Cc1cncs1. The van der Waals surface area contributed by atoms with E-state index in [1.807, 2.05) is 18.6 Å². The summed E-state index contributed by atoms with van der Waals surface area (Å²) < 4.78 is 0. The summed E-state index contributed by atoms with van der Waals surface area (Å²) in [6.45, 7) is 4.04. The van der Waals surface area contributed by atoms with E-state index in [1.165, 1.54) is 17.7 Å². The Morgan fingerprint density at radius 3 is 3.27 bits per heavy atom. The highest BCUT2D eigenvalue weighted by atomic mass is 32.1. The summed E-state index contributed by atoms with van der Waals surface area (Å²) in [6, 6.07) is 0.562. The van der Waals surface area contributed by atoms with Crippen LogP contribution in [0.1, 0.15) is 31.1 Å². The first-order valence-electron chi connectivity index (χ1n) is 5.55. The third-order valence-electron chi connectivity index (χ3n) is 2.95. The van der Waals surface area contributed by atoms with E-state index >= 15 is 0 Å². The summed E-state index contributed by atoms with van der Waals surface area (Å²) in [4.78, 5) is 7.89. The molecule has 15 heavy (non-hydrogen) atoms. The number of thiazole rings is 1. The van der Waals surface area contributed by atoms with Crippen molar-refractivity contribution in [2.45, 2.75) is 44.9 Å². The van der Waals surface area contributed by atoms with Gasteiger partial charge in [-0.1, -0.05) is 0 Å². The predicted octanol–water partition coefficient (Wildman–Crippen LogP) is 1.88. The van der Waals surface area contributed by atoms with Gasteiger partial charge in [0.15, 0.2) is 0 Å². The number of aliphatic hydroxyl groups excluding tert-OH is 1. The maximum Gasteiger partial charge on any atom is 0.0794 e. The molecule has 1 aliphatic rings. The maximum absolute atomic E-state index is 9.42. The van der Waals surface area contributed by atoms with Crippen LogP contribution in [0, 0.1) is 0 Å². The molecule has 1 aliphatic heterocycles. The second kappa shape index (κ2) is 5.05. The molecule has 0 bridgehead atoms. The fourth-order valence-corrected chi connectivity index (χ4v) is 2.90. The number of aliphatic hydroxyl groups is 1. The molecule has 1 saturated heterocycles. The molecule has 1 fully saturated rings. The highest BCUT2D eigenvalue weighted by Crippen LogP contribution is 2.24. The van der Waals surface area contributed by atoms with Crippen LogP contribution in [0.25, 0.3) is 0 Å². The summed E-state index contributed by atoms with van der Waals surface area (Å²) in [5.41, 5.74) is 1.88. The van der Waals surface area contributed by atoms with Crippen LogP contribution < -0.4 is 0 Å². The van der Waals surface area contributed by atoms with E-state index in [4.69, 9.17) is 0 Å². The molecule has 1 aromatic rings. The van der Waals surface area contributed by atoms with Gasteiger partial charge in [-0.25, -0.2) is 0 Å². The van der Waals surface area contributed by atoms with Gasteiger partial charge in [0.2, 0.25) is 0 Å². The summed E-state index contributed by atoms with van der Waals surface area (Å²) >= 11 is 1.72. The molecule has 0 aromatic carbocycles. The van der Waals surface area contributed by atoms with Crippen molar-refractivity contribution in [3.63, 3.8) is 0 Å². The summed E-state index contributed by atoms with van der Waals surface area (Å²) in [7, 11) is 0. The average Bonchev–Trinajstić information content (AvgIpc) is 2.78. The lowest BCUT2D eigenvalue weighted by atomic mass is 10.1. The van der Waals surface area contributed by atoms with Crippen molar-refractivity contribution in [3.05, 3.63) is 16.6 Å². The molecular weight excluding hydrogens is 208 g/mol. The van der Waals surface area contributed by atoms with Gasteiger partial charge >= 0.3 is 0 Å². The molecule has 84 valence electrons. The van der Waals surface area contributed by atoms with Crippen molar-refractivity contribution in [2.75, 3.05) is 6.54 Å². The number of hydrogen-bond donors (Lipinski definition) is 1. The van der Waals surface area contributed by atoms with Crippen LogP contribution in [0.15, 0.2) is 11.7 Å². The van der Waals surface area contributed by atoms with Crippen LogP contribution in [0.2, 0.25) is 0 Å². The first-order valence-corrected chi connectivity index (χ1v) is 6.43. The normalized spacial score (nSPS) is 24.5. The second-order valence-electron chi connectivity index (χ2n) is 4.32. The summed E-state index contributed by atoms with van der Waals surface area (Å²) in [5.74, 6) is 0. The third-order valence-corrected chi connectivity index (χ3v) is 3.72. The number of aromatic nitrogens is 1. The van der Waals surface area contributed by atoms with Crippen LogP contribution in [0.4, 0.5) is 0 Å². The second-order valence-corrected chi connectivity index (χ2v) is 5.29. The van der Waals surface area contributed by atoms with Crippen molar-refractivity contribution in [2.24, 2.45) is 0 Å². The minimum Gasteiger partial charge on any atom is -0.393 e. The van der Waals surface area contributed by atoms with E-state index < -0.39 is 0 Å². The molecule has 1 aromatic heterocycles. The van der Waals surface area contributed by atoms with Gasteiger partial charge in [0.05, 0.1) is 11.6 Å². The van der Waals surface area contributed by atoms with E-state index in [0.717, 1.165) is 19.5 Å². The molecule has 2 heterocycles. The first kappa shape index (κ1) is 11.0. The smallest absolute Gasteiger partial charge is 0.0794 e. The molecule has 2 unspecified atom stereocenters. The topological polar surface area (TPSA) is 36.4 Å².